The maximum Gasteiger partial charge on any atom is 0.330 e. The van der Waals surface area contributed by atoms with E-state index in [1.54, 1.807) is 22.6 Å². The molecule has 0 aliphatic carbocycles. The second-order valence-electron chi connectivity index (χ2n) is 3.83. The molecule has 0 spiro atoms. The van der Waals surface area contributed by atoms with Gasteiger partial charge in [-0.1, -0.05) is 15.9 Å². The SMILES string of the molecule is O=c1[nH]c(=O)n([C@@H]2O[C@H](CO)[C@@H](O)[C@@H]2Br)cc1I. The van der Waals surface area contributed by atoms with Gasteiger partial charge in [0.15, 0.2) is 6.23 Å². The lowest BCUT2D eigenvalue weighted by Crippen LogP contribution is -2.36. The average Bonchev–Trinajstić information content (AvgIpc) is 2.61. The molecule has 2 heterocycles. The number of aromatic amines is 1. The molecule has 2 rings (SSSR count). The molecule has 0 saturated carbocycles. The predicted molar refractivity (Wildman–Crippen MR) is 73.8 cm³/mol. The molecule has 1 aliphatic rings. The molecule has 0 aromatic carbocycles. The van der Waals surface area contributed by atoms with Crippen molar-refractivity contribution in [3.63, 3.8) is 0 Å². The smallest absolute Gasteiger partial charge is 0.330 e. The van der Waals surface area contributed by atoms with E-state index in [1.807, 2.05) is 0 Å². The van der Waals surface area contributed by atoms with E-state index < -0.39 is 34.5 Å². The van der Waals surface area contributed by atoms with Crippen molar-refractivity contribution in [3.8, 4) is 0 Å². The monoisotopic (exact) mass is 432 g/mol. The molecule has 0 unspecified atom stereocenters. The maximum atomic E-state index is 11.7. The molecule has 1 saturated heterocycles. The predicted octanol–water partition coefficient (Wildman–Crippen LogP) is -0.845. The van der Waals surface area contributed by atoms with Crippen LogP contribution in [0, 0.1) is 3.57 Å². The van der Waals surface area contributed by atoms with Crippen LogP contribution in [0.25, 0.3) is 0 Å². The van der Waals surface area contributed by atoms with Crippen LogP contribution in [-0.4, -0.2) is 43.4 Å². The maximum absolute atomic E-state index is 11.7. The Bertz CT molecular complexity index is 559. The van der Waals surface area contributed by atoms with Crippen LogP contribution in [0.1, 0.15) is 6.23 Å². The summed E-state index contributed by atoms with van der Waals surface area (Å²) in [5.41, 5.74) is -1.10. The second-order valence-corrected chi connectivity index (χ2v) is 6.05. The van der Waals surface area contributed by atoms with E-state index in [4.69, 9.17) is 9.84 Å². The van der Waals surface area contributed by atoms with Crippen LogP contribution in [0.5, 0.6) is 0 Å². The van der Waals surface area contributed by atoms with Crippen molar-refractivity contribution in [2.24, 2.45) is 0 Å². The van der Waals surface area contributed by atoms with E-state index in [0.29, 0.717) is 3.57 Å². The van der Waals surface area contributed by atoms with E-state index in [-0.39, 0.29) is 6.61 Å². The van der Waals surface area contributed by atoms with E-state index in [0.717, 1.165) is 0 Å². The highest BCUT2D eigenvalue weighted by molar-refractivity contribution is 14.1. The summed E-state index contributed by atoms with van der Waals surface area (Å²) in [5, 5.41) is 18.8. The van der Waals surface area contributed by atoms with Crippen molar-refractivity contribution in [3.05, 3.63) is 30.6 Å². The fourth-order valence-corrected chi connectivity index (χ4v) is 2.88. The molecule has 1 aromatic rings. The zero-order valence-corrected chi connectivity index (χ0v) is 12.7. The largest absolute Gasteiger partial charge is 0.394 e. The molecule has 18 heavy (non-hydrogen) atoms. The quantitative estimate of drug-likeness (QED) is 0.417. The lowest BCUT2D eigenvalue weighted by molar-refractivity contribution is -0.0457. The average molecular weight is 433 g/mol. The first-order valence-corrected chi connectivity index (χ1v) is 7.04. The zero-order chi connectivity index (χ0) is 13.4. The Hall–Kier alpha value is -0.230. The van der Waals surface area contributed by atoms with Crippen LogP contribution >= 0.6 is 38.5 Å². The van der Waals surface area contributed by atoms with Crippen LogP contribution in [0.4, 0.5) is 0 Å². The van der Waals surface area contributed by atoms with Crippen molar-refractivity contribution in [2.75, 3.05) is 6.61 Å². The van der Waals surface area contributed by atoms with Crippen molar-refractivity contribution < 1.29 is 14.9 Å². The highest BCUT2D eigenvalue weighted by atomic mass is 127. The highest BCUT2D eigenvalue weighted by Crippen LogP contribution is 2.33. The van der Waals surface area contributed by atoms with Gasteiger partial charge in [0.25, 0.3) is 5.56 Å². The minimum Gasteiger partial charge on any atom is -0.394 e. The number of hydrogen-bond acceptors (Lipinski definition) is 5. The molecule has 1 aromatic heterocycles. The van der Waals surface area contributed by atoms with Crippen LogP contribution in [0.2, 0.25) is 0 Å². The van der Waals surface area contributed by atoms with Crippen molar-refractivity contribution in [1.29, 1.82) is 0 Å². The van der Waals surface area contributed by atoms with E-state index in [1.165, 1.54) is 10.8 Å². The molecule has 1 aliphatic heterocycles. The standard InChI is InChI=1S/C9H10BrIN2O5/c10-5-6(15)4(2-14)18-8(5)13-1-3(11)7(16)12-9(13)17/h1,4-6,8,14-15H,2H2,(H,12,16,17)/t4-,5+,6-,8-/m1/s1. The zero-order valence-electron chi connectivity index (χ0n) is 8.92. The summed E-state index contributed by atoms with van der Waals surface area (Å²) in [6.45, 7) is -0.352. The Kier molecular flexibility index (Phi) is 4.26. The molecule has 0 amide bonds. The topological polar surface area (TPSA) is 105 Å². The van der Waals surface area contributed by atoms with Gasteiger partial charge in [-0.05, 0) is 22.6 Å². The summed E-state index contributed by atoms with van der Waals surface area (Å²) >= 11 is 5.02. The normalized spacial score (nSPS) is 31.8. The van der Waals surface area contributed by atoms with Gasteiger partial charge in [0.1, 0.15) is 6.10 Å². The van der Waals surface area contributed by atoms with Crippen LogP contribution in [-0.2, 0) is 4.74 Å². The third-order valence-electron chi connectivity index (χ3n) is 2.67. The van der Waals surface area contributed by atoms with Crippen molar-refractivity contribution in [2.45, 2.75) is 23.3 Å². The number of nitrogens with one attached hydrogen (secondary N) is 1. The molecule has 0 bridgehead atoms. The van der Waals surface area contributed by atoms with E-state index >= 15 is 0 Å². The Morgan fingerprint density at radius 3 is 2.78 bits per heavy atom. The van der Waals surface area contributed by atoms with E-state index in [2.05, 4.69) is 20.9 Å². The number of nitrogens with zero attached hydrogens (tertiary/aromatic N) is 1. The minimum absolute atomic E-state index is 0.331. The van der Waals surface area contributed by atoms with E-state index in [9.17, 15) is 14.7 Å². The van der Waals surface area contributed by atoms with Crippen molar-refractivity contribution >= 4 is 38.5 Å². The molecule has 100 valence electrons. The highest BCUT2D eigenvalue weighted by Gasteiger charge is 2.43. The van der Waals surface area contributed by atoms with Gasteiger partial charge in [-0.2, -0.15) is 0 Å². The summed E-state index contributed by atoms with van der Waals surface area (Å²) in [7, 11) is 0. The Labute approximate surface area is 123 Å². The van der Waals surface area contributed by atoms with Crippen molar-refractivity contribution in [1.82, 2.24) is 9.55 Å². The summed E-state index contributed by atoms with van der Waals surface area (Å²) in [4.78, 5) is 24.5. The molecule has 1 fully saturated rings. The van der Waals surface area contributed by atoms with Crippen LogP contribution in [0.3, 0.4) is 0 Å². The fourth-order valence-electron chi connectivity index (χ4n) is 1.73. The lowest BCUT2D eigenvalue weighted by atomic mass is 10.2. The summed E-state index contributed by atoms with van der Waals surface area (Å²) in [5.74, 6) is 0. The van der Waals surface area contributed by atoms with Gasteiger partial charge in [-0.3, -0.25) is 14.3 Å². The Morgan fingerprint density at radius 1 is 1.56 bits per heavy atom. The van der Waals surface area contributed by atoms with Gasteiger partial charge in [0, 0.05) is 6.20 Å². The summed E-state index contributed by atoms with van der Waals surface area (Å²) in [6.07, 6.45) is -1.13. The van der Waals surface area contributed by atoms with Crippen LogP contribution < -0.4 is 11.2 Å². The van der Waals surface area contributed by atoms with Gasteiger partial charge < -0.3 is 14.9 Å². The second kappa shape index (κ2) is 5.41. The third-order valence-corrected chi connectivity index (χ3v) is 4.43. The summed E-state index contributed by atoms with van der Waals surface area (Å²) in [6, 6.07) is 0. The number of hydrogen-bond donors (Lipinski definition) is 3. The first-order valence-electron chi connectivity index (χ1n) is 5.05. The molecule has 0 radical (unpaired) electrons. The van der Waals surface area contributed by atoms with Gasteiger partial charge in [-0.15, -0.1) is 0 Å². The number of aliphatic hydroxyl groups is 2. The first-order chi connectivity index (χ1) is 8.45. The molecular weight excluding hydrogens is 423 g/mol. The first kappa shape index (κ1) is 14.2. The molecule has 3 N–H and O–H groups in total. The molecule has 4 atom stereocenters. The number of halogens is 2. The lowest BCUT2D eigenvalue weighted by Gasteiger charge is -2.16. The van der Waals surface area contributed by atoms with Gasteiger partial charge in [0.2, 0.25) is 0 Å². The van der Waals surface area contributed by atoms with Crippen LogP contribution in [0.15, 0.2) is 15.8 Å². The number of aliphatic hydroxyl groups excluding tert-OH is 2. The molecule has 9 heteroatoms. The number of rotatable bonds is 2. The Balaban J connectivity index is 2.42. The minimum atomic E-state index is -0.934. The number of ether oxygens (including phenoxy) is 1. The van der Waals surface area contributed by atoms with Gasteiger partial charge in [-0.25, -0.2) is 4.79 Å². The van der Waals surface area contributed by atoms with Gasteiger partial charge >= 0.3 is 5.69 Å². The Morgan fingerprint density at radius 2 is 2.22 bits per heavy atom. The summed E-state index contributed by atoms with van der Waals surface area (Å²) < 4.78 is 6.90. The molecule has 7 nitrogen and oxygen atoms in total. The number of H-pyrrole nitrogens is 1. The molecular formula is C9H10BrIN2O5. The third kappa shape index (κ3) is 2.41. The fraction of sp³-hybridized carbons (Fsp3) is 0.556. The number of alkyl halides is 1. The van der Waals surface area contributed by atoms with Gasteiger partial charge in [0.05, 0.1) is 21.1 Å². The number of aromatic nitrogens is 2.